The summed E-state index contributed by atoms with van der Waals surface area (Å²) in [5, 5.41) is 0. The van der Waals surface area contributed by atoms with Gasteiger partial charge < -0.3 is 13.9 Å². The predicted octanol–water partition coefficient (Wildman–Crippen LogP) is 3.90. The van der Waals surface area contributed by atoms with Crippen LogP contribution in [0.15, 0.2) is 47.7 Å². The van der Waals surface area contributed by atoms with Crippen LogP contribution >= 0.6 is 0 Å². The van der Waals surface area contributed by atoms with Gasteiger partial charge in [-0.25, -0.2) is 4.98 Å². The Morgan fingerprint density at radius 3 is 2.85 bits per heavy atom. The van der Waals surface area contributed by atoms with Crippen molar-refractivity contribution >= 4 is 0 Å². The molecule has 0 N–H and O–H groups in total. The number of benzene rings is 1. The lowest BCUT2D eigenvalue weighted by Crippen LogP contribution is -2.05. The molecule has 1 aromatic heterocycles. The van der Waals surface area contributed by atoms with Crippen LogP contribution in [0.4, 0.5) is 8.78 Å². The summed E-state index contributed by atoms with van der Waals surface area (Å²) in [4.78, 5) is 3.95. The standard InChI is InChI=1S/C14H13F2NO3/c1-2-3-7-18-11-5-4-10(13-17-6-8-19-13)9-12(11)20-14(15)16/h2,4-6,8-9,14H,1,3,7H2. The molecule has 106 valence electrons. The van der Waals surface area contributed by atoms with Crippen molar-refractivity contribution in [2.75, 3.05) is 6.61 Å². The zero-order valence-corrected chi connectivity index (χ0v) is 10.6. The molecule has 6 heteroatoms. The molecule has 0 aliphatic carbocycles. The highest BCUT2D eigenvalue weighted by Gasteiger charge is 2.14. The Bertz CT molecular complexity index is 556. The third-order valence-corrected chi connectivity index (χ3v) is 2.42. The van der Waals surface area contributed by atoms with Crippen LogP contribution in [0.1, 0.15) is 6.42 Å². The third kappa shape index (κ3) is 3.57. The van der Waals surface area contributed by atoms with Gasteiger partial charge in [0.25, 0.3) is 0 Å². The minimum atomic E-state index is -2.93. The van der Waals surface area contributed by atoms with E-state index in [-0.39, 0.29) is 11.5 Å². The van der Waals surface area contributed by atoms with E-state index in [0.29, 0.717) is 24.5 Å². The molecule has 0 aliphatic rings. The summed E-state index contributed by atoms with van der Waals surface area (Å²) in [5.41, 5.74) is 0.529. The van der Waals surface area contributed by atoms with Gasteiger partial charge in [-0.15, -0.1) is 6.58 Å². The zero-order valence-electron chi connectivity index (χ0n) is 10.6. The van der Waals surface area contributed by atoms with Crippen molar-refractivity contribution in [2.45, 2.75) is 13.0 Å². The molecule has 20 heavy (non-hydrogen) atoms. The Balaban J connectivity index is 2.24. The first-order valence-corrected chi connectivity index (χ1v) is 5.93. The van der Waals surface area contributed by atoms with E-state index in [1.54, 1.807) is 18.2 Å². The minimum absolute atomic E-state index is 0.0558. The number of rotatable bonds is 7. The maximum atomic E-state index is 12.4. The van der Waals surface area contributed by atoms with Gasteiger partial charge in [-0.2, -0.15) is 8.78 Å². The summed E-state index contributed by atoms with van der Waals surface area (Å²) in [6.07, 6.45) is 5.15. The molecule has 1 heterocycles. The summed E-state index contributed by atoms with van der Waals surface area (Å²) >= 11 is 0. The molecular formula is C14H13F2NO3. The Hall–Kier alpha value is -2.37. The first-order chi connectivity index (χ1) is 9.70. The van der Waals surface area contributed by atoms with Crippen molar-refractivity contribution < 1.29 is 22.7 Å². The van der Waals surface area contributed by atoms with E-state index in [1.807, 2.05) is 0 Å². The SMILES string of the molecule is C=CCCOc1ccc(-c2ncco2)cc1OC(F)F. The van der Waals surface area contributed by atoms with Crippen LogP contribution in [0.3, 0.4) is 0 Å². The van der Waals surface area contributed by atoms with Gasteiger partial charge in [0.05, 0.1) is 12.8 Å². The van der Waals surface area contributed by atoms with Crippen molar-refractivity contribution in [1.29, 1.82) is 0 Å². The predicted molar refractivity (Wildman–Crippen MR) is 68.9 cm³/mol. The van der Waals surface area contributed by atoms with Crippen LogP contribution in [0.5, 0.6) is 11.5 Å². The zero-order chi connectivity index (χ0) is 14.4. The van der Waals surface area contributed by atoms with E-state index in [9.17, 15) is 8.78 Å². The third-order valence-electron chi connectivity index (χ3n) is 2.42. The van der Waals surface area contributed by atoms with Crippen LogP contribution in [0.25, 0.3) is 11.5 Å². The summed E-state index contributed by atoms with van der Waals surface area (Å²) in [6, 6.07) is 4.61. The molecule has 0 bridgehead atoms. The minimum Gasteiger partial charge on any atom is -0.489 e. The molecule has 0 unspecified atom stereocenters. The highest BCUT2D eigenvalue weighted by atomic mass is 19.3. The van der Waals surface area contributed by atoms with Crippen LogP contribution in [0, 0.1) is 0 Å². The number of nitrogens with zero attached hydrogens (tertiary/aromatic N) is 1. The summed E-state index contributed by atoms with van der Waals surface area (Å²) in [6.45, 7) is 0.960. The fourth-order valence-electron chi connectivity index (χ4n) is 1.57. The maximum Gasteiger partial charge on any atom is 0.387 e. The first-order valence-electron chi connectivity index (χ1n) is 5.93. The van der Waals surface area contributed by atoms with Crippen LogP contribution < -0.4 is 9.47 Å². The average molecular weight is 281 g/mol. The lowest BCUT2D eigenvalue weighted by Gasteiger charge is -2.12. The largest absolute Gasteiger partial charge is 0.489 e. The Morgan fingerprint density at radius 2 is 2.20 bits per heavy atom. The molecule has 0 spiro atoms. The van der Waals surface area contributed by atoms with Crippen LogP contribution in [0.2, 0.25) is 0 Å². The molecule has 0 saturated heterocycles. The van der Waals surface area contributed by atoms with Gasteiger partial charge in [-0.05, 0) is 24.6 Å². The molecule has 0 atom stereocenters. The van der Waals surface area contributed by atoms with Crippen molar-refractivity contribution in [3.8, 4) is 23.0 Å². The van der Waals surface area contributed by atoms with E-state index < -0.39 is 6.61 Å². The number of ether oxygens (including phenoxy) is 2. The summed E-state index contributed by atoms with van der Waals surface area (Å²) in [7, 11) is 0. The summed E-state index contributed by atoms with van der Waals surface area (Å²) in [5.74, 6) is 0.504. The second-order valence-electron chi connectivity index (χ2n) is 3.80. The number of oxazole rings is 1. The van der Waals surface area contributed by atoms with Gasteiger partial charge in [0.1, 0.15) is 6.26 Å². The molecule has 4 nitrogen and oxygen atoms in total. The van der Waals surface area contributed by atoms with Crippen LogP contribution in [-0.2, 0) is 0 Å². The molecule has 1 aromatic carbocycles. The number of hydrogen-bond acceptors (Lipinski definition) is 4. The van der Waals surface area contributed by atoms with Gasteiger partial charge in [0.15, 0.2) is 11.5 Å². The normalized spacial score (nSPS) is 10.6. The van der Waals surface area contributed by atoms with Crippen molar-refractivity contribution in [3.63, 3.8) is 0 Å². The first kappa shape index (κ1) is 14.0. The smallest absolute Gasteiger partial charge is 0.387 e. The monoisotopic (exact) mass is 281 g/mol. The van der Waals surface area contributed by atoms with Crippen molar-refractivity contribution in [1.82, 2.24) is 4.98 Å². The molecule has 0 aliphatic heterocycles. The van der Waals surface area contributed by atoms with E-state index in [2.05, 4.69) is 16.3 Å². The number of aromatic nitrogens is 1. The highest BCUT2D eigenvalue weighted by molar-refractivity contribution is 5.59. The number of alkyl halides is 2. The Kier molecular flexibility index (Phi) is 4.70. The molecule has 0 amide bonds. The average Bonchev–Trinajstić information content (AvgIpc) is 2.94. The van der Waals surface area contributed by atoms with Gasteiger partial charge in [-0.1, -0.05) is 6.08 Å². The quantitative estimate of drug-likeness (QED) is 0.570. The van der Waals surface area contributed by atoms with Gasteiger partial charge in [0, 0.05) is 5.56 Å². The van der Waals surface area contributed by atoms with Gasteiger partial charge in [-0.3, -0.25) is 0 Å². The molecular weight excluding hydrogens is 268 g/mol. The Morgan fingerprint density at radius 1 is 1.35 bits per heavy atom. The van der Waals surface area contributed by atoms with E-state index in [0.717, 1.165) is 0 Å². The Labute approximate surface area is 114 Å². The van der Waals surface area contributed by atoms with E-state index in [4.69, 9.17) is 9.15 Å². The molecule has 2 aromatic rings. The second kappa shape index (κ2) is 6.70. The number of hydrogen-bond donors (Lipinski definition) is 0. The van der Waals surface area contributed by atoms with Crippen molar-refractivity contribution in [2.24, 2.45) is 0 Å². The van der Waals surface area contributed by atoms with E-state index in [1.165, 1.54) is 18.5 Å². The molecule has 2 rings (SSSR count). The molecule has 0 radical (unpaired) electrons. The fourth-order valence-corrected chi connectivity index (χ4v) is 1.57. The lowest BCUT2D eigenvalue weighted by atomic mass is 10.2. The van der Waals surface area contributed by atoms with Gasteiger partial charge >= 0.3 is 6.61 Å². The molecule has 0 fully saturated rings. The topological polar surface area (TPSA) is 44.5 Å². The highest BCUT2D eigenvalue weighted by Crippen LogP contribution is 2.33. The number of halogens is 2. The van der Waals surface area contributed by atoms with Gasteiger partial charge in [0.2, 0.25) is 5.89 Å². The molecule has 0 saturated carbocycles. The lowest BCUT2D eigenvalue weighted by molar-refractivity contribution is -0.0514. The second-order valence-corrected chi connectivity index (χ2v) is 3.80. The van der Waals surface area contributed by atoms with Crippen molar-refractivity contribution in [3.05, 3.63) is 43.3 Å². The summed E-state index contributed by atoms with van der Waals surface area (Å²) < 4.78 is 39.8. The maximum absolute atomic E-state index is 12.4. The fraction of sp³-hybridized carbons (Fsp3) is 0.214. The van der Waals surface area contributed by atoms with E-state index >= 15 is 0 Å². The van der Waals surface area contributed by atoms with Crippen LogP contribution in [-0.4, -0.2) is 18.2 Å².